The Morgan fingerprint density at radius 2 is 2.57 bits per heavy atom. The van der Waals surface area contributed by atoms with E-state index < -0.39 is 0 Å². The quantitative estimate of drug-likeness (QED) is 0.468. The molecule has 0 saturated carbocycles. The van der Waals surface area contributed by atoms with Crippen LogP contribution in [0.15, 0.2) is 12.3 Å². The lowest BCUT2D eigenvalue weighted by atomic mass is 10.7. The molecule has 0 spiro atoms. The molecule has 1 aromatic heterocycles. The van der Waals surface area contributed by atoms with E-state index in [0.717, 1.165) is 0 Å². The van der Waals surface area contributed by atoms with E-state index in [1.807, 2.05) is 0 Å². The lowest BCUT2D eigenvalue weighted by Gasteiger charge is -1.77. The first-order valence-electron chi connectivity index (χ1n) is 1.74. The van der Waals surface area contributed by atoms with E-state index in [4.69, 9.17) is 11.6 Å². The van der Waals surface area contributed by atoms with E-state index in [1.54, 1.807) is 6.07 Å². The summed E-state index contributed by atoms with van der Waals surface area (Å²) < 4.78 is 0. The Kier molecular flexibility index (Phi) is 1.22. The zero-order valence-electron chi connectivity index (χ0n) is 3.43. The van der Waals surface area contributed by atoms with Crippen molar-refractivity contribution in [2.75, 3.05) is 0 Å². The molecule has 1 heterocycles. The van der Waals surface area contributed by atoms with Gasteiger partial charge in [-0.2, -0.15) is 0 Å². The fourth-order valence-corrected chi connectivity index (χ4v) is 0.340. The molecule has 0 bridgehead atoms. The summed E-state index contributed by atoms with van der Waals surface area (Å²) in [5, 5.41) is 0.426. The molecule has 0 fully saturated rings. The number of halogens is 1. The first-order valence-corrected chi connectivity index (χ1v) is 2.12. The molecule has 0 aliphatic carbocycles. The SMILES string of the molecule is Clc1ccn[c]n1. The molecule has 0 atom stereocenters. The zero-order chi connectivity index (χ0) is 5.11. The summed E-state index contributed by atoms with van der Waals surface area (Å²) in [7, 11) is 0. The maximum Gasteiger partial charge on any atom is 0.199 e. The highest BCUT2D eigenvalue weighted by Crippen LogP contribution is 1.95. The van der Waals surface area contributed by atoms with Crippen molar-refractivity contribution in [3.8, 4) is 0 Å². The van der Waals surface area contributed by atoms with Crippen LogP contribution in [0.1, 0.15) is 0 Å². The van der Waals surface area contributed by atoms with Crippen LogP contribution in [0.2, 0.25) is 5.15 Å². The summed E-state index contributed by atoms with van der Waals surface area (Å²) in [5.74, 6) is 0. The monoisotopic (exact) mass is 113 g/mol. The van der Waals surface area contributed by atoms with Gasteiger partial charge in [0.1, 0.15) is 5.15 Å². The van der Waals surface area contributed by atoms with Crippen molar-refractivity contribution in [1.82, 2.24) is 9.97 Å². The maximum atomic E-state index is 5.36. The van der Waals surface area contributed by atoms with Crippen LogP contribution in [0.5, 0.6) is 0 Å². The molecule has 0 aromatic carbocycles. The molecule has 3 heteroatoms. The normalized spacial score (nSPS) is 8.71. The Bertz CT molecular complexity index is 140. The van der Waals surface area contributed by atoms with Gasteiger partial charge in [0.2, 0.25) is 0 Å². The van der Waals surface area contributed by atoms with Gasteiger partial charge in [-0.1, -0.05) is 11.6 Å². The second-order valence-electron chi connectivity index (χ2n) is 0.979. The average Bonchev–Trinajstić information content (AvgIpc) is 1.69. The predicted molar refractivity (Wildman–Crippen MR) is 25.9 cm³/mol. The molecular formula is C4H2ClN2. The summed E-state index contributed by atoms with van der Waals surface area (Å²) in [5.41, 5.74) is 0. The molecule has 1 radical (unpaired) electrons. The Hall–Kier alpha value is -0.630. The first kappa shape index (κ1) is 4.53. The maximum absolute atomic E-state index is 5.36. The number of nitrogens with zero attached hydrogens (tertiary/aromatic N) is 2. The third kappa shape index (κ3) is 1.12. The Labute approximate surface area is 46.2 Å². The number of rotatable bonds is 0. The third-order valence-electron chi connectivity index (χ3n) is 0.501. The van der Waals surface area contributed by atoms with Gasteiger partial charge in [0.25, 0.3) is 0 Å². The van der Waals surface area contributed by atoms with Crippen molar-refractivity contribution in [2.45, 2.75) is 0 Å². The summed E-state index contributed by atoms with van der Waals surface area (Å²) in [6.07, 6.45) is 3.87. The summed E-state index contributed by atoms with van der Waals surface area (Å²) >= 11 is 5.36. The van der Waals surface area contributed by atoms with Crippen LogP contribution < -0.4 is 0 Å². The van der Waals surface area contributed by atoms with Gasteiger partial charge < -0.3 is 0 Å². The highest BCUT2D eigenvalue weighted by Gasteiger charge is 1.78. The molecule has 1 rings (SSSR count). The van der Waals surface area contributed by atoms with Crippen LogP contribution in [0.3, 0.4) is 0 Å². The molecule has 1 aromatic rings. The number of hydrogen-bond acceptors (Lipinski definition) is 2. The van der Waals surface area contributed by atoms with Gasteiger partial charge in [0.15, 0.2) is 6.33 Å². The van der Waals surface area contributed by atoms with Gasteiger partial charge in [-0.25, -0.2) is 9.97 Å². The van der Waals surface area contributed by atoms with Crippen molar-refractivity contribution in [3.05, 3.63) is 23.7 Å². The van der Waals surface area contributed by atoms with E-state index in [0.29, 0.717) is 5.15 Å². The molecule has 0 unspecified atom stereocenters. The minimum Gasteiger partial charge on any atom is -0.234 e. The third-order valence-corrected chi connectivity index (χ3v) is 0.712. The molecule has 2 nitrogen and oxygen atoms in total. The van der Waals surface area contributed by atoms with E-state index in [1.165, 1.54) is 6.20 Å². The lowest BCUT2D eigenvalue weighted by Crippen LogP contribution is -1.73. The molecule has 0 N–H and O–H groups in total. The fourth-order valence-electron chi connectivity index (χ4n) is 0.246. The number of hydrogen-bond donors (Lipinski definition) is 0. The minimum atomic E-state index is 0.426. The standard InChI is InChI=1S/C4H2ClN2/c5-4-1-2-6-3-7-4/h1-2H. The Morgan fingerprint density at radius 1 is 1.71 bits per heavy atom. The van der Waals surface area contributed by atoms with Gasteiger partial charge in [0.05, 0.1) is 0 Å². The van der Waals surface area contributed by atoms with E-state index in [-0.39, 0.29) is 0 Å². The first-order chi connectivity index (χ1) is 3.39. The van der Waals surface area contributed by atoms with Crippen LogP contribution in [0.25, 0.3) is 0 Å². The molecule has 35 valence electrons. The second kappa shape index (κ2) is 1.89. The van der Waals surface area contributed by atoms with Gasteiger partial charge in [0, 0.05) is 6.20 Å². The molecule has 7 heavy (non-hydrogen) atoms. The van der Waals surface area contributed by atoms with Gasteiger partial charge in [-0.05, 0) is 6.07 Å². The van der Waals surface area contributed by atoms with Crippen molar-refractivity contribution < 1.29 is 0 Å². The molecule has 0 aliphatic rings. The van der Waals surface area contributed by atoms with Gasteiger partial charge in [-0.15, -0.1) is 0 Å². The Balaban J connectivity index is 3.02. The summed E-state index contributed by atoms with van der Waals surface area (Å²) in [6.45, 7) is 0. The van der Waals surface area contributed by atoms with Crippen LogP contribution >= 0.6 is 11.6 Å². The predicted octanol–water partition coefficient (Wildman–Crippen LogP) is 0.930. The van der Waals surface area contributed by atoms with Crippen LogP contribution in [0, 0.1) is 6.33 Å². The molecular weight excluding hydrogens is 112 g/mol. The summed E-state index contributed by atoms with van der Waals surface area (Å²) in [4.78, 5) is 7.03. The van der Waals surface area contributed by atoms with Crippen molar-refractivity contribution >= 4 is 11.6 Å². The lowest BCUT2D eigenvalue weighted by molar-refractivity contribution is 1.15. The highest BCUT2D eigenvalue weighted by molar-refractivity contribution is 6.29. The van der Waals surface area contributed by atoms with E-state index >= 15 is 0 Å². The zero-order valence-corrected chi connectivity index (χ0v) is 4.18. The smallest absolute Gasteiger partial charge is 0.199 e. The van der Waals surface area contributed by atoms with Gasteiger partial charge >= 0.3 is 0 Å². The van der Waals surface area contributed by atoms with Crippen LogP contribution in [0.4, 0.5) is 0 Å². The van der Waals surface area contributed by atoms with Gasteiger partial charge in [-0.3, -0.25) is 0 Å². The Morgan fingerprint density at radius 3 is 2.86 bits per heavy atom. The molecule has 0 amide bonds. The van der Waals surface area contributed by atoms with Crippen molar-refractivity contribution in [2.24, 2.45) is 0 Å². The van der Waals surface area contributed by atoms with Crippen molar-refractivity contribution in [1.29, 1.82) is 0 Å². The topological polar surface area (TPSA) is 25.8 Å². The second-order valence-corrected chi connectivity index (χ2v) is 1.37. The van der Waals surface area contributed by atoms with Crippen LogP contribution in [-0.2, 0) is 0 Å². The van der Waals surface area contributed by atoms with E-state index in [2.05, 4.69) is 16.3 Å². The largest absolute Gasteiger partial charge is 0.234 e. The fraction of sp³-hybridized carbons (Fsp3) is 0. The van der Waals surface area contributed by atoms with Crippen molar-refractivity contribution in [3.63, 3.8) is 0 Å². The molecule has 0 saturated heterocycles. The molecule has 0 aliphatic heterocycles. The van der Waals surface area contributed by atoms with Crippen LogP contribution in [-0.4, -0.2) is 9.97 Å². The van der Waals surface area contributed by atoms with E-state index in [9.17, 15) is 0 Å². The highest BCUT2D eigenvalue weighted by atomic mass is 35.5. The number of aromatic nitrogens is 2. The minimum absolute atomic E-state index is 0.426. The average molecular weight is 114 g/mol. The summed E-state index contributed by atoms with van der Waals surface area (Å²) in [6, 6.07) is 1.60.